The minimum Gasteiger partial charge on any atom is -0.367 e. The number of urea groups is 1. The summed E-state index contributed by atoms with van der Waals surface area (Å²) >= 11 is 5.73. The number of nitrogens with one attached hydrogen (secondary N) is 1. The molecule has 1 N–H and O–H groups in total. The smallest absolute Gasteiger partial charge is 0.321 e. The van der Waals surface area contributed by atoms with Gasteiger partial charge in [0.2, 0.25) is 0 Å². The molecule has 25 heavy (non-hydrogen) atoms. The lowest BCUT2D eigenvalue weighted by atomic mass is 10.1. The van der Waals surface area contributed by atoms with E-state index in [-0.39, 0.29) is 11.1 Å². The number of piperazine rings is 1. The number of anilines is 2. The van der Waals surface area contributed by atoms with Gasteiger partial charge in [0.25, 0.3) is 0 Å². The average Bonchev–Trinajstić information content (AvgIpc) is 2.65. The normalized spacial score (nSPS) is 14.1. The monoisotopic (exact) mass is 358 g/mol. The molecule has 1 aliphatic rings. The lowest BCUT2D eigenvalue weighted by Gasteiger charge is -2.36. The van der Waals surface area contributed by atoms with Crippen LogP contribution < -0.4 is 10.2 Å². The Morgan fingerprint density at radius 1 is 1.16 bits per heavy atom. The molecule has 0 saturated carbocycles. The summed E-state index contributed by atoms with van der Waals surface area (Å²) in [4.78, 5) is 16.1. The first-order valence-corrected chi connectivity index (χ1v) is 8.21. The quantitative estimate of drug-likeness (QED) is 0.890. The van der Waals surface area contributed by atoms with Crippen LogP contribution in [0.3, 0.4) is 0 Å². The van der Waals surface area contributed by atoms with Crippen LogP contribution in [0.15, 0.2) is 42.5 Å². The first kappa shape index (κ1) is 17.1. The number of carbonyl (C=O) groups is 1. The van der Waals surface area contributed by atoms with Crippen molar-refractivity contribution in [2.75, 3.05) is 36.4 Å². The molecule has 1 heterocycles. The van der Waals surface area contributed by atoms with Crippen molar-refractivity contribution in [3.8, 4) is 6.07 Å². The van der Waals surface area contributed by atoms with E-state index >= 15 is 0 Å². The Labute approximate surface area is 150 Å². The molecule has 0 radical (unpaired) electrons. The molecule has 1 saturated heterocycles. The molecule has 0 aromatic heterocycles. The summed E-state index contributed by atoms with van der Waals surface area (Å²) in [6.07, 6.45) is 0. The summed E-state index contributed by atoms with van der Waals surface area (Å²) in [6.45, 7) is 2.33. The number of benzene rings is 2. The number of nitrogens with zero attached hydrogens (tertiary/aromatic N) is 3. The van der Waals surface area contributed by atoms with Crippen LogP contribution in [-0.2, 0) is 0 Å². The molecule has 0 unspecified atom stereocenters. The van der Waals surface area contributed by atoms with E-state index in [1.54, 1.807) is 11.0 Å². The van der Waals surface area contributed by atoms with Gasteiger partial charge in [-0.15, -0.1) is 0 Å². The second-order valence-corrected chi connectivity index (χ2v) is 6.07. The van der Waals surface area contributed by atoms with Crippen LogP contribution in [-0.4, -0.2) is 37.1 Å². The van der Waals surface area contributed by atoms with Crippen LogP contribution in [0.25, 0.3) is 0 Å². The maximum atomic E-state index is 13.2. The zero-order chi connectivity index (χ0) is 17.8. The minimum atomic E-state index is -0.524. The van der Waals surface area contributed by atoms with Crippen molar-refractivity contribution >= 4 is 29.0 Å². The van der Waals surface area contributed by atoms with Gasteiger partial charge in [0, 0.05) is 31.9 Å². The van der Waals surface area contributed by atoms with E-state index in [2.05, 4.69) is 16.3 Å². The van der Waals surface area contributed by atoms with Crippen LogP contribution in [0.2, 0.25) is 5.02 Å². The summed E-state index contributed by atoms with van der Waals surface area (Å²) in [5.41, 5.74) is 1.96. The van der Waals surface area contributed by atoms with E-state index in [0.29, 0.717) is 37.4 Å². The highest BCUT2D eigenvalue weighted by Gasteiger charge is 2.22. The predicted molar refractivity (Wildman–Crippen MR) is 95.4 cm³/mol. The molecule has 1 fully saturated rings. The molecular weight excluding hydrogens is 343 g/mol. The maximum absolute atomic E-state index is 13.2. The molecule has 5 nitrogen and oxygen atoms in total. The third kappa shape index (κ3) is 3.83. The first-order valence-electron chi connectivity index (χ1n) is 7.83. The minimum absolute atomic E-state index is 0.0317. The molecule has 128 valence electrons. The number of para-hydroxylation sites is 1. The highest BCUT2D eigenvalue weighted by molar-refractivity contribution is 6.31. The van der Waals surface area contributed by atoms with Crippen molar-refractivity contribution in [2.24, 2.45) is 0 Å². The van der Waals surface area contributed by atoms with E-state index in [9.17, 15) is 14.4 Å². The summed E-state index contributed by atoms with van der Waals surface area (Å²) in [5.74, 6) is -0.524. The van der Waals surface area contributed by atoms with Gasteiger partial charge >= 0.3 is 6.03 Å². The number of carbonyl (C=O) groups excluding carboxylic acids is 1. The van der Waals surface area contributed by atoms with Gasteiger partial charge in [-0.1, -0.05) is 23.7 Å². The SMILES string of the molecule is N#Cc1ccccc1N1CCN(C(=O)Nc2ccc(F)c(Cl)c2)CC1. The number of rotatable bonds is 2. The molecular formula is C18H16ClFN4O. The number of amides is 2. The van der Waals surface area contributed by atoms with Crippen LogP contribution >= 0.6 is 11.6 Å². The second kappa shape index (κ2) is 7.41. The van der Waals surface area contributed by atoms with Gasteiger partial charge in [-0.2, -0.15) is 5.26 Å². The maximum Gasteiger partial charge on any atom is 0.321 e. The fourth-order valence-corrected chi connectivity index (χ4v) is 2.95. The standard InChI is InChI=1S/C18H16ClFN4O/c19-15-11-14(5-6-16(15)20)22-18(25)24-9-7-23(8-10-24)17-4-2-1-3-13(17)12-21/h1-6,11H,7-10H2,(H,22,25). The van der Waals surface area contributed by atoms with E-state index in [1.807, 2.05) is 18.2 Å². The molecule has 0 aliphatic carbocycles. The Morgan fingerprint density at radius 2 is 1.88 bits per heavy atom. The summed E-state index contributed by atoms with van der Waals surface area (Å²) in [6, 6.07) is 13.4. The third-order valence-electron chi connectivity index (χ3n) is 4.10. The highest BCUT2D eigenvalue weighted by atomic mass is 35.5. The van der Waals surface area contributed by atoms with Gasteiger partial charge in [-0.05, 0) is 30.3 Å². The molecule has 0 bridgehead atoms. The molecule has 2 amide bonds. The summed E-state index contributed by atoms with van der Waals surface area (Å²) in [5, 5.41) is 11.9. The highest BCUT2D eigenvalue weighted by Crippen LogP contribution is 2.22. The Hall–Kier alpha value is -2.78. The van der Waals surface area contributed by atoms with E-state index in [4.69, 9.17) is 11.6 Å². The van der Waals surface area contributed by atoms with E-state index in [0.717, 1.165) is 5.69 Å². The van der Waals surface area contributed by atoms with Crippen molar-refractivity contribution in [2.45, 2.75) is 0 Å². The van der Waals surface area contributed by atoms with Crippen LogP contribution in [0, 0.1) is 17.1 Å². The second-order valence-electron chi connectivity index (χ2n) is 5.66. The first-order chi connectivity index (χ1) is 12.1. The Morgan fingerprint density at radius 3 is 2.56 bits per heavy atom. The largest absolute Gasteiger partial charge is 0.367 e. The van der Waals surface area contributed by atoms with Gasteiger partial charge in [-0.3, -0.25) is 0 Å². The van der Waals surface area contributed by atoms with Gasteiger partial charge in [0.15, 0.2) is 0 Å². The summed E-state index contributed by atoms with van der Waals surface area (Å²) < 4.78 is 13.2. The van der Waals surface area contributed by atoms with Crippen molar-refractivity contribution in [1.29, 1.82) is 5.26 Å². The Kier molecular flexibility index (Phi) is 5.05. The Balaban J connectivity index is 1.61. The molecule has 0 spiro atoms. The van der Waals surface area contributed by atoms with Crippen molar-refractivity contribution in [3.05, 3.63) is 58.9 Å². The zero-order valence-electron chi connectivity index (χ0n) is 13.4. The van der Waals surface area contributed by atoms with Gasteiger partial charge in [0.1, 0.15) is 11.9 Å². The van der Waals surface area contributed by atoms with E-state index < -0.39 is 5.82 Å². The molecule has 1 aliphatic heterocycles. The van der Waals surface area contributed by atoms with Crippen molar-refractivity contribution < 1.29 is 9.18 Å². The third-order valence-corrected chi connectivity index (χ3v) is 4.39. The zero-order valence-corrected chi connectivity index (χ0v) is 14.1. The molecule has 2 aromatic rings. The van der Waals surface area contributed by atoms with Crippen molar-refractivity contribution in [3.63, 3.8) is 0 Å². The van der Waals surface area contributed by atoms with Crippen LogP contribution in [0.1, 0.15) is 5.56 Å². The summed E-state index contributed by atoms with van der Waals surface area (Å²) in [7, 11) is 0. The van der Waals surface area contributed by atoms with Gasteiger partial charge in [-0.25, -0.2) is 9.18 Å². The topological polar surface area (TPSA) is 59.4 Å². The van der Waals surface area contributed by atoms with Crippen molar-refractivity contribution in [1.82, 2.24) is 4.90 Å². The Bertz CT molecular complexity index is 828. The number of hydrogen-bond acceptors (Lipinski definition) is 3. The van der Waals surface area contributed by atoms with Crippen LogP contribution in [0.5, 0.6) is 0 Å². The number of halogens is 2. The molecule has 3 rings (SSSR count). The lowest BCUT2D eigenvalue weighted by molar-refractivity contribution is 0.208. The van der Waals surface area contributed by atoms with Crippen LogP contribution in [0.4, 0.5) is 20.6 Å². The average molecular weight is 359 g/mol. The molecule has 0 atom stereocenters. The van der Waals surface area contributed by atoms with Gasteiger partial charge < -0.3 is 15.1 Å². The lowest BCUT2D eigenvalue weighted by Crippen LogP contribution is -2.50. The number of nitriles is 1. The fraction of sp³-hybridized carbons (Fsp3) is 0.222. The van der Waals surface area contributed by atoms with Gasteiger partial charge in [0.05, 0.1) is 16.3 Å². The number of hydrogen-bond donors (Lipinski definition) is 1. The molecule has 2 aromatic carbocycles. The fourth-order valence-electron chi connectivity index (χ4n) is 2.77. The molecule has 7 heteroatoms. The predicted octanol–water partition coefficient (Wildman–Crippen LogP) is 3.70. The van der Waals surface area contributed by atoms with E-state index in [1.165, 1.54) is 18.2 Å².